The molecule has 3 aromatic rings. The van der Waals surface area contributed by atoms with Crippen LogP contribution < -0.4 is 9.64 Å². The third-order valence-electron chi connectivity index (χ3n) is 5.09. The van der Waals surface area contributed by atoms with Crippen molar-refractivity contribution in [2.45, 2.75) is 38.5 Å². The molecule has 1 atom stereocenters. The number of benzene rings is 3. The minimum atomic E-state index is -5.13. The number of alkyl halides is 6. The van der Waals surface area contributed by atoms with Crippen LogP contribution in [0.5, 0.6) is 11.5 Å². The lowest BCUT2D eigenvalue weighted by Crippen LogP contribution is -2.45. The molecule has 11 heteroatoms. The van der Waals surface area contributed by atoms with Crippen molar-refractivity contribution in [1.82, 2.24) is 0 Å². The van der Waals surface area contributed by atoms with Crippen LogP contribution in [0, 0.1) is 5.82 Å². The van der Waals surface area contributed by atoms with E-state index in [4.69, 9.17) is 16.3 Å². The second-order valence-electron chi connectivity index (χ2n) is 7.55. The predicted molar refractivity (Wildman–Crippen MR) is 117 cm³/mol. The molecule has 0 aromatic heterocycles. The van der Waals surface area contributed by atoms with Gasteiger partial charge in [-0.1, -0.05) is 30.7 Å². The molecule has 0 spiro atoms. The van der Waals surface area contributed by atoms with Gasteiger partial charge in [0.05, 0.1) is 5.56 Å². The molecule has 0 aliphatic carbocycles. The first-order valence-corrected chi connectivity index (χ1v) is 10.6. The van der Waals surface area contributed by atoms with Crippen molar-refractivity contribution in [3.05, 3.63) is 88.2 Å². The van der Waals surface area contributed by atoms with E-state index in [1.807, 2.05) is 6.92 Å². The molecule has 0 saturated carbocycles. The van der Waals surface area contributed by atoms with Crippen molar-refractivity contribution >= 4 is 17.3 Å². The fourth-order valence-electron chi connectivity index (χ4n) is 3.28. The molecule has 0 aliphatic rings. The lowest BCUT2D eigenvalue weighted by atomic mass is 10.1. The fraction of sp³-hybridized carbons (Fsp3) is 0.250. The number of nitrogens with zero attached hydrogens (tertiary/aromatic N) is 1. The highest BCUT2D eigenvalue weighted by atomic mass is 35.5. The zero-order chi connectivity index (χ0) is 26.0. The van der Waals surface area contributed by atoms with Gasteiger partial charge in [0.1, 0.15) is 17.3 Å². The molecule has 3 rings (SSSR count). The Morgan fingerprint density at radius 2 is 1.60 bits per heavy atom. The maximum absolute atomic E-state index is 14.4. The molecule has 3 nitrogen and oxygen atoms in total. The van der Waals surface area contributed by atoms with Crippen LogP contribution in [0.3, 0.4) is 0 Å². The SMILES string of the molecule is CCc1cc(Oc2cccc(N(Cc3ccc(C(F)(F)F)cc3F)[C@@H](O)C(F)(F)F)c2)ccc1Cl. The summed E-state index contributed by atoms with van der Waals surface area (Å²) in [4.78, 5) is 0.415. The van der Waals surface area contributed by atoms with Gasteiger partial charge in [-0.3, -0.25) is 0 Å². The van der Waals surface area contributed by atoms with E-state index in [2.05, 4.69) is 0 Å². The second kappa shape index (κ2) is 10.3. The van der Waals surface area contributed by atoms with Gasteiger partial charge >= 0.3 is 12.4 Å². The van der Waals surface area contributed by atoms with E-state index < -0.39 is 42.1 Å². The average molecular weight is 522 g/mol. The van der Waals surface area contributed by atoms with Crippen LogP contribution >= 0.6 is 11.6 Å². The Balaban J connectivity index is 1.95. The first-order chi connectivity index (χ1) is 16.3. The van der Waals surface area contributed by atoms with Crippen molar-refractivity contribution in [1.29, 1.82) is 0 Å². The van der Waals surface area contributed by atoms with E-state index in [9.17, 15) is 35.8 Å². The van der Waals surface area contributed by atoms with E-state index in [0.29, 0.717) is 28.2 Å². The Labute approximate surface area is 201 Å². The van der Waals surface area contributed by atoms with Crippen molar-refractivity contribution in [2.75, 3.05) is 4.90 Å². The first-order valence-electron chi connectivity index (χ1n) is 10.2. The van der Waals surface area contributed by atoms with E-state index in [-0.39, 0.29) is 17.5 Å². The van der Waals surface area contributed by atoms with Crippen LogP contribution in [-0.2, 0) is 19.1 Å². The normalized spacial score (nSPS) is 13.0. The van der Waals surface area contributed by atoms with Gasteiger partial charge in [0.25, 0.3) is 0 Å². The minimum absolute atomic E-state index is 0.110. The maximum Gasteiger partial charge on any atom is 0.433 e. The number of ether oxygens (including phenoxy) is 1. The summed E-state index contributed by atoms with van der Waals surface area (Å²) in [7, 11) is 0. The first kappa shape index (κ1) is 26.6. The Kier molecular flexibility index (Phi) is 7.86. The molecule has 35 heavy (non-hydrogen) atoms. The van der Waals surface area contributed by atoms with Gasteiger partial charge < -0.3 is 14.7 Å². The molecule has 0 heterocycles. The van der Waals surface area contributed by atoms with E-state index in [1.54, 1.807) is 18.2 Å². The van der Waals surface area contributed by atoms with E-state index >= 15 is 0 Å². The zero-order valence-electron chi connectivity index (χ0n) is 18.1. The number of aliphatic hydroxyl groups excluding tert-OH is 1. The summed E-state index contributed by atoms with van der Waals surface area (Å²) in [6, 6.07) is 11.5. The number of halogens is 8. The van der Waals surface area contributed by atoms with Crippen LogP contribution in [0.15, 0.2) is 60.7 Å². The van der Waals surface area contributed by atoms with Crippen LogP contribution in [0.2, 0.25) is 5.02 Å². The summed E-state index contributed by atoms with van der Waals surface area (Å²) >= 11 is 6.08. The number of rotatable bonds is 7. The van der Waals surface area contributed by atoms with Crippen LogP contribution in [-0.4, -0.2) is 17.5 Å². The molecule has 0 radical (unpaired) electrons. The maximum atomic E-state index is 14.4. The monoisotopic (exact) mass is 521 g/mol. The van der Waals surface area contributed by atoms with Crippen molar-refractivity contribution in [3.8, 4) is 11.5 Å². The molecule has 0 aliphatic heterocycles. The Morgan fingerprint density at radius 3 is 2.20 bits per heavy atom. The molecular weight excluding hydrogens is 503 g/mol. The molecule has 1 N–H and O–H groups in total. The third kappa shape index (κ3) is 6.58. The minimum Gasteiger partial charge on any atom is -0.457 e. The summed E-state index contributed by atoms with van der Waals surface area (Å²) in [6.07, 6.45) is -12.4. The highest BCUT2D eigenvalue weighted by Gasteiger charge is 2.43. The molecule has 188 valence electrons. The Bertz CT molecular complexity index is 1180. The molecule has 0 bridgehead atoms. The molecule has 0 amide bonds. The van der Waals surface area contributed by atoms with Crippen molar-refractivity contribution in [2.24, 2.45) is 0 Å². The van der Waals surface area contributed by atoms with Gasteiger partial charge in [0.15, 0.2) is 0 Å². The van der Waals surface area contributed by atoms with Gasteiger partial charge in [-0.05, 0) is 54.4 Å². The third-order valence-corrected chi connectivity index (χ3v) is 5.46. The second-order valence-corrected chi connectivity index (χ2v) is 7.96. The average Bonchev–Trinajstić information content (AvgIpc) is 2.78. The summed E-state index contributed by atoms with van der Waals surface area (Å²) < 4.78 is 98.7. The number of aliphatic hydroxyl groups is 1. The summed E-state index contributed by atoms with van der Waals surface area (Å²) in [5.41, 5.74) is -1.17. The topological polar surface area (TPSA) is 32.7 Å². The standard InChI is InChI=1S/C24H19ClF7NO2/c1-2-14-10-19(8-9-20(14)25)35-18-5-3-4-17(12-18)33(22(34)24(30,31)32)13-15-6-7-16(11-21(15)26)23(27,28)29/h3-12,22,34H,2,13H2,1H3/t22-/m0/s1. The summed E-state index contributed by atoms with van der Waals surface area (Å²) in [6.45, 7) is 1.01. The molecule has 3 aromatic carbocycles. The molecule has 0 saturated heterocycles. The number of anilines is 1. The zero-order valence-corrected chi connectivity index (χ0v) is 18.8. The van der Waals surface area contributed by atoms with Gasteiger partial charge in [-0.15, -0.1) is 0 Å². The van der Waals surface area contributed by atoms with Gasteiger partial charge in [0.2, 0.25) is 6.23 Å². The van der Waals surface area contributed by atoms with Crippen LogP contribution in [0.4, 0.5) is 36.4 Å². The Morgan fingerprint density at radius 1 is 0.914 bits per heavy atom. The van der Waals surface area contributed by atoms with Crippen molar-refractivity contribution < 1.29 is 40.6 Å². The van der Waals surface area contributed by atoms with Gasteiger partial charge in [-0.2, -0.15) is 26.3 Å². The fourth-order valence-corrected chi connectivity index (χ4v) is 3.53. The summed E-state index contributed by atoms with van der Waals surface area (Å²) in [5.74, 6) is -0.890. The number of hydrogen-bond acceptors (Lipinski definition) is 3. The van der Waals surface area contributed by atoms with Crippen LogP contribution in [0.1, 0.15) is 23.6 Å². The lowest BCUT2D eigenvalue weighted by Gasteiger charge is -2.31. The van der Waals surface area contributed by atoms with E-state index in [0.717, 1.165) is 11.6 Å². The molecule has 0 unspecified atom stereocenters. The number of hydrogen-bond donors (Lipinski definition) is 1. The Hall–Kier alpha value is -2.98. The predicted octanol–water partition coefficient (Wildman–Crippen LogP) is 7.74. The highest BCUT2D eigenvalue weighted by Crippen LogP contribution is 2.35. The van der Waals surface area contributed by atoms with E-state index in [1.165, 1.54) is 24.3 Å². The molecule has 0 fully saturated rings. The smallest absolute Gasteiger partial charge is 0.433 e. The van der Waals surface area contributed by atoms with Crippen LogP contribution in [0.25, 0.3) is 0 Å². The van der Waals surface area contributed by atoms with Crippen molar-refractivity contribution in [3.63, 3.8) is 0 Å². The number of aryl methyl sites for hydroxylation is 1. The van der Waals surface area contributed by atoms with Gasteiger partial charge in [-0.25, -0.2) is 4.39 Å². The molecular formula is C24H19ClF7NO2. The largest absolute Gasteiger partial charge is 0.457 e. The lowest BCUT2D eigenvalue weighted by molar-refractivity contribution is -0.203. The quantitative estimate of drug-likeness (QED) is 0.255. The highest BCUT2D eigenvalue weighted by molar-refractivity contribution is 6.31. The van der Waals surface area contributed by atoms with Gasteiger partial charge in [0, 0.05) is 28.9 Å². The summed E-state index contributed by atoms with van der Waals surface area (Å²) in [5, 5.41) is 10.5.